The van der Waals surface area contributed by atoms with Crippen LogP contribution in [0.25, 0.3) is 0 Å². The molecule has 0 aliphatic carbocycles. The average Bonchev–Trinajstić information content (AvgIpc) is 2.23. The highest BCUT2D eigenvalue weighted by Crippen LogP contribution is 2.23. The molecule has 0 saturated heterocycles. The van der Waals surface area contributed by atoms with Gasteiger partial charge in [-0.25, -0.2) is 0 Å². The number of halogens is 2. The topological polar surface area (TPSA) is 55.1 Å². The van der Waals surface area contributed by atoms with Crippen LogP contribution < -0.4 is 11.1 Å². The summed E-state index contributed by atoms with van der Waals surface area (Å²) in [5.41, 5.74) is 5.93. The van der Waals surface area contributed by atoms with Crippen LogP contribution in [-0.4, -0.2) is 12.5 Å². The van der Waals surface area contributed by atoms with Crippen LogP contribution in [-0.2, 0) is 11.3 Å². The van der Waals surface area contributed by atoms with Crippen LogP contribution in [0.1, 0.15) is 19.4 Å². The lowest BCUT2D eigenvalue weighted by Gasteiger charge is -2.20. The van der Waals surface area contributed by atoms with Crippen molar-refractivity contribution in [3.05, 3.63) is 32.7 Å². The SMILES string of the molecule is CC(C)(CNCc1ccc(Br)c(Br)c1)C(N)=O. The van der Waals surface area contributed by atoms with Crippen LogP contribution in [0.3, 0.4) is 0 Å². The van der Waals surface area contributed by atoms with Crippen LogP contribution in [0, 0.1) is 5.41 Å². The van der Waals surface area contributed by atoms with Crippen LogP contribution in [0.4, 0.5) is 0 Å². The van der Waals surface area contributed by atoms with Gasteiger partial charge in [0.15, 0.2) is 0 Å². The summed E-state index contributed by atoms with van der Waals surface area (Å²) in [7, 11) is 0. The summed E-state index contributed by atoms with van der Waals surface area (Å²) in [6, 6.07) is 6.05. The highest BCUT2D eigenvalue weighted by Gasteiger charge is 2.23. The Hall–Kier alpha value is -0.390. The van der Waals surface area contributed by atoms with E-state index in [1.54, 1.807) is 0 Å². The normalized spacial score (nSPS) is 11.5. The molecule has 1 rings (SSSR count). The van der Waals surface area contributed by atoms with Crippen molar-refractivity contribution in [1.29, 1.82) is 0 Å². The molecule has 1 aromatic carbocycles. The maximum Gasteiger partial charge on any atom is 0.224 e. The first-order valence-corrected chi connectivity index (χ1v) is 6.86. The number of nitrogens with two attached hydrogens (primary N) is 1. The summed E-state index contributed by atoms with van der Waals surface area (Å²) in [4.78, 5) is 11.1. The number of carbonyl (C=O) groups excluding carboxylic acids is 1. The largest absolute Gasteiger partial charge is 0.369 e. The number of benzene rings is 1. The molecule has 0 bridgehead atoms. The minimum atomic E-state index is -0.521. The predicted octanol–water partition coefficient (Wildman–Crippen LogP) is 2.81. The Morgan fingerprint density at radius 1 is 1.35 bits per heavy atom. The van der Waals surface area contributed by atoms with Crippen molar-refractivity contribution in [2.45, 2.75) is 20.4 Å². The van der Waals surface area contributed by atoms with Crippen molar-refractivity contribution in [1.82, 2.24) is 5.32 Å². The number of amides is 1. The zero-order chi connectivity index (χ0) is 13.1. The van der Waals surface area contributed by atoms with Gasteiger partial charge in [0, 0.05) is 22.0 Å². The second kappa shape index (κ2) is 5.98. The minimum absolute atomic E-state index is 0.290. The maximum atomic E-state index is 11.1. The molecular formula is C12H16Br2N2O. The molecule has 0 spiro atoms. The van der Waals surface area contributed by atoms with Crippen LogP contribution in [0.5, 0.6) is 0 Å². The molecule has 17 heavy (non-hydrogen) atoms. The lowest BCUT2D eigenvalue weighted by Crippen LogP contribution is -2.40. The molecular weight excluding hydrogens is 348 g/mol. The molecule has 1 aromatic rings. The summed E-state index contributed by atoms with van der Waals surface area (Å²) in [5.74, 6) is -0.290. The van der Waals surface area contributed by atoms with E-state index in [0.29, 0.717) is 13.1 Å². The molecule has 0 aromatic heterocycles. The molecule has 0 heterocycles. The molecule has 0 unspecified atom stereocenters. The van der Waals surface area contributed by atoms with E-state index >= 15 is 0 Å². The Labute approximate surface area is 118 Å². The fourth-order valence-corrected chi connectivity index (χ4v) is 1.93. The van der Waals surface area contributed by atoms with Crippen molar-refractivity contribution in [3.8, 4) is 0 Å². The second-order valence-corrected chi connectivity index (χ2v) is 6.31. The first kappa shape index (κ1) is 14.7. The Morgan fingerprint density at radius 2 is 2.00 bits per heavy atom. The lowest BCUT2D eigenvalue weighted by atomic mass is 9.93. The zero-order valence-electron chi connectivity index (χ0n) is 9.89. The van der Waals surface area contributed by atoms with Crippen LogP contribution >= 0.6 is 31.9 Å². The number of hydrogen-bond acceptors (Lipinski definition) is 2. The predicted molar refractivity (Wildman–Crippen MR) is 76.5 cm³/mol. The van der Waals surface area contributed by atoms with Gasteiger partial charge in [-0.05, 0) is 63.4 Å². The molecule has 0 radical (unpaired) electrons. The van der Waals surface area contributed by atoms with Gasteiger partial charge in [-0.1, -0.05) is 6.07 Å². The molecule has 0 fully saturated rings. The second-order valence-electron chi connectivity index (χ2n) is 4.60. The summed E-state index contributed by atoms with van der Waals surface area (Å²) < 4.78 is 2.05. The smallest absolute Gasteiger partial charge is 0.224 e. The molecule has 0 atom stereocenters. The van der Waals surface area contributed by atoms with E-state index in [4.69, 9.17) is 5.73 Å². The van der Waals surface area contributed by atoms with Crippen LogP contribution in [0.15, 0.2) is 27.1 Å². The van der Waals surface area contributed by atoms with E-state index in [-0.39, 0.29) is 5.91 Å². The van der Waals surface area contributed by atoms with Gasteiger partial charge in [-0.15, -0.1) is 0 Å². The fraction of sp³-hybridized carbons (Fsp3) is 0.417. The van der Waals surface area contributed by atoms with Crippen molar-refractivity contribution in [3.63, 3.8) is 0 Å². The van der Waals surface area contributed by atoms with Gasteiger partial charge < -0.3 is 11.1 Å². The van der Waals surface area contributed by atoms with Gasteiger partial charge in [0.2, 0.25) is 5.91 Å². The Kier molecular flexibility index (Phi) is 5.16. The molecule has 94 valence electrons. The molecule has 3 N–H and O–H groups in total. The molecule has 5 heteroatoms. The third-order valence-electron chi connectivity index (χ3n) is 2.55. The van der Waals surface area contributed by atoms with E-state index in [1.165, 1.54) is 0 Å². The van der Waals surface area contributed by atoms with Gasteiger partial charge >= 0.3 is 0 Å². The Balaban J connectivity index is 2.51. The van der Waals surface area contributed by atoms with E-state index < -0.39 is 5.41 Å². The number of carbonyl (C=O) groups is 1. The van der Waals surface area contributed by atoms with Gasteiger partial charge in [0.05, 0.1) is 5.41 Å². The summed E-state index contributed by atoms with van der Waals surface area (Å²) in [6.45, 7) is 4.94. The third kappa shape index (κ3) is 4.41. The summed E-state index contributed by atoms with van der Waals surface area (Å²) in [6.07, 6.45) is 0. The minimum Gasteiger partial charge on any atom is -0.369 e. The van der Waals surface area contributed by atoms with Crippen molar-refractivity contribution < 1.29 is 4.79 Å². The van der Waals surface area contributed by atoms with Gasteiger partial charge in [-0.3, -0.25) is 4.79 Å². The highest BCUT2D eigenvalue weighted by molar-refractivity contribution is 9.13. The van der Waals surface area contributed by atoms with E-state index in [2.05, 4.69) is 37.2 Å². The van der Waals surface area contributed by atoms with Gasteiger partial charge in [-0.2, -0.15) is 0 Å². The number of rotatable bonds is 5. The lowest BCUT2D eigenvalue weighted by molar-refractivity contribution is -0.125. The molecule has 0 saturated carbocycles. The van der Waals surface area contributed by atoms with E-state index in [0.717, 1.165) is 14.5 Å². The number of hydrogen-bond donors (Lipinski definition) is 2. The third-order valence-corrected chi connectivity index (χ3v) is 4.43. The first-order valence-electron chi connectivity index (χ1n) is 5.27. The first-order chi connectivity index (χ1) is 7.83. The monoisotopic (exact) mass is 362 g/mol. The van der Waals surface area contributed by atoms with E-state index in [1.807, 2.05) is 32.0 Å². The highest BCUT2D eigenvalue weighted by atomic mass is 79.9. The van der Waals surface area contributed by atoms with Crippen molar-refractivity contribution in [2.75, 3.05) is 6.54 Å². The fourth-order valence-electron chi connectivity index (χ4n) is 1.26. The molecule has 0 aliphatic rings. The van der Waals surface area contributed by atoms with Crippen LogP contribution in [0.2, 0.25) is 0 Å². The number of primary amides is 1. The van der Waals surface area contributed by atoms with E-state index in [9.17, 15) is 4.79 Å². The maximum absolute atomic E-state index is 11.1. The van der Waals surface area contributed by atoms with Crippen molar-refractivity contribution >= 4 is 37.8 Å². The zero-order valence-corrected chi connectivity index (χ0v) is 13.1. The van der Waals surface area contributed by atoms with Gasteiger partial charge in [0.1, 0.15) is 0 Å². The summed E-state index contributed by atoms with van der Waals surface area (Å²) in [5, 5.41) is 3.23. The Morgan fingerprint density at radius 3 is 2.53 bits per heavy atom. The van der Waals surface area contributed by atoms with Crippen molar-refractivity contribution in [2.24, 2.45) is 11.1 Å². The Bertz CT molecular complexity index is 419. The molecule has 0 aliphatic heterocycles. The van der Waals surface area contributed by atoms with Gasteiger partial charge in [0.25, 0.3) is 0 Å². The quantitative estimate of drug-likeness (QED) is 0.845. The number of nitrogens with one attached hydrogen (secondary N) is 1. The molecule has 1 amide bonds. The standard InChI is InChI=1S/C12H16Br2N2O/c1-12(2,11(15)17)7-16-6-8-3-4-9(13)10(14)5-8/h3-5,16H,6-7H2,1-2H3,(H2,15,17). The molecule has 3 nitrogen and oxygen atoms in total. The summed E-state index contributed by atoms with van der Waals surface area (Å²) >= 11 is 6.87. The average molecular weight is 364 g/mol.